The largest absolute Gasteiger partial charge is 0.388 e. The third-order valence-electron chi connectivity index (χ3n) is 3.35. The maximum Gasteiger partial charge on any atom is 0.240 e. The lowest BCUT2D eigenvalue weighted by molar-refractivity contribution is -0.124. The van der Waals surface area contributed by atoms with Crippen LogP contribution in [0.1, 0.15) is 38.5 Å². The summed E-state index contributed by atoms with van der Waals surface area (Å²) in [4.78, 5) is 11.5. The normalized spacial score (nSPS) is 27.3. The van der Waals surface area contributed by atoms with Gasteiger partial charge in [0.15, 0.2) is 0 Å². The Kier molecular flexibility index (Phi) is 2.27. The van der Waals surface area contributed by atoms with Crippen molar-refractivity contribution in [3.05, 3.63) is 0 Å². The molecule has 0 aliphatic heterocycles. The van der Waals surface area contributed by atoms with Crippen molar-refractivity contribution in [1.29, 1.82) is 0 Å². The second-order valence-electron chi connectivity index (χ2n) is 4.77. The molecular formula is C10H18N2O2. The number of amides is 1. The van der Waals surface area contributed by atoms with Gasteiger partial charge < -0.3 is 16.2 Å². The molecule has 0 bridgehead atoms. The molecule has 2 saturated carbocycles. The monoisotopic (exact) mass is 198 g/mol. The second-order valence-corrected chi connectivity index (χ2v) is 4.77. The second kappa shape index (κ2) is 3.21. The van der Waals surface area contributed by atoms with Crippen molar-refractivity contribution in [1.82, 2.24) is 5.32 Å². The zero-order chi connectivity index (χ0) is 10.2. The highest BCUT2D eigenvalue weighted by Gasteiger charge is 2.46. The van der Waals surface area contributed by atoms with Gasteiger partial charge in [0.25, 0.3) is 0 Å². The maximum absolute atomic E-state index is 11.5. The Morgan fingerprint density at radius 3 is 2.36 bits per heavy atom. The van der Waals surface area contributed by atoms with Gasteiger partial charge >= 0.3 is 0 Å². The average molecular weight is 198 g/mol. The van der Waals surface area contributed by atoms with E-state index in [1.165, 1.54) is 0 Å². The van der Waals surface area contributed by atoms with Gasteiger partial charge in [-0.3, -0.25) is 4.79 Å². The summed E-state index contributed by atoms with van der Waals surface area (Å²) in [5, 5.41) is 12.7. The van der Waals surface area contributed by atoms with E-state index in [9.17, 15) is 9.90 Å². The van der Waals surface area contributed by atoms with Crippen LogP contribution in [0.2, 0.25) is 0 Å². The van der Waals surface area contributed by atoms with E-state index in [2.05, 4.69) is 5.32 Å². The Morgan fingerprint density at radius 2 is 1.86 bits per heavy atom. The maximum atomic E-state index is 11.5. The summed E-state index contributed by atoms with van der Waals surface area (Å²) in [6, 6.07) is 0. The molecule has 2 aliphatic rings. The van der Waals surface area contributed by atoms with Crippen LogP contribution in [0.4, 0.5) is 0 Å². The standard InChI is InChI=1S/C10H18N2O2/c11-10(5-6-10)8(13)12-7-9(14)3-1-2-4-9/h14H,1-7,11H2,(H,12,13). The minimum atomic E-state index is -0.666. The number of carbonyl (C=O) groups is 1. The highest BCUT2D eigenvalue weighted by molar-refractivity contribution is 5.89. The van der Waals surface area contributed by atoms with Gasteiger partial charge in [-0.05, 0) is 25.7 Å². The number of carbonyl (C=O) groups excluding carboxylic acids is 1. The first-order valence-electron chi connectivity index (χ1n) is 5.34. The first kappa shape index (κ1) is 9.93. The number of rotatable bonds is 3. The van der Waals surface area contributed by atoms with Gasteiger partial charge in [0.1, 0.15) is 0 Å². The molecule has 0 radical (unpaired) electrons. The highest BCUT2D eigenvalue weighted by Crippen LogP contribution is 2.33. The van der Waals surface area contributed by atoms with E-state index in [0.717, 1.165) is 38.5 Å². The smallest absolute Gasteiger partial charge is 0.240 e. The summed E-state index contributed by atoms with van der Waals surface area (Å²) in [6.07, 6.45) is 5.25. The molecule has 80 valence electrons. The van der Waals surface area contributed by atoms with Gasteiger partial charge in [-0.15, -0.1) is 0 Å². The SMILES string of the molecule is NC1(C(=O)NCC2(O)CCCC2)CC1. The molecule has 4 heteroatoms. The van der Waals surface area contributed by atoms with Crippen LogP contribution in [0, 0.1) is 0 Å². The van der Waals surface area contributed by atoms with E-state index in [1.54, 1.807) is 0 Å². The first-order chi connectivity index (χ1) is 6.54. The van der Waals surface area contributed by atoms with E-state index < -0.39 is 11.1 Å². The van der Waals surface area contributed by atoms with E-state index in [1.807, 2.05) is 0 Å². The van der Waals surface area contributed by atoms with Crippen LogP contribution in [-0.2, 0) is 4.79 Å². The number of hydrogen-bond donors (Lipinski definition) is 3. The molecule has 2 rings (SSSR count). The highest BCUT2D eigenvalue weighted by atomic mass is 16.3. The van der Waals surface area contributed by atoms with E-state index in [-0.39, 0.29) is 5.91 Å². The zero-order valence-corrected chi connectivity index (χ0v) is 8.38. The molecule has 14 heavy (non-hydrogen) atoms. The first-order valence-corrected chi connectivity index (χ1v) is 5.34. The van der Waals surface area contributed by atoms with Crippen LogP contribution in [0.25, 0.3) is 0 Å². The lowest BCUT2D eigenvalue weighted by Gasteiger charge is -2.23. The van der Waals surface area contributed by atoms with Crippen molar-refractivity contribution in [2.45, 2.75) is 49.7 Å². The Hall–Kier alpha value is -0.610. The van der Waals surface area contributed by atoms with Crippen LogP contribution in [0.15, 0.2) is 0 Å². The molecule has 2 aliphatic carbocycles. The fraction of sp³-hybridized carbons (Fsp3) is 0.900. The molecular weight excluding hydrogens is 180 g/mol. The Bertz CT molecular complexity index is 243. The van der Waals surface area contributed by atoms with Gasteiger partial charge in [-0.1, -0.05) is 12.8 Å². The lowest BCUT2D eigenvalue weighted by Crippen LogP contribution is -2.48. The zero-order valence-electron chi connectivity index (χ0n) is 8.38. The fourth-order valence-electron chi connectivity index (χ4n) is 1.99. The Labute approximate surface area is 83.9 Å². The molecule has 4 nitrogen and oxygen atoms in total. The summed E-state index contributed by atoms with van der Waals surface area (Å²) in [6.45, 7) is 0.366. The predicted molar refractivity (Wildman–Crippen MR) is 52.6 cm³/mol. The van der Waals surface area contributed by atoms with Crippen molar-refractivity contribution in [2.24, 2.45) is 5.73 Å². The molecule has 1 amide bonds. The number of aliphatic hydroxyl groups is 1. The van der Waals surface area contributed by atoms with E-state index >= 15 is 0 Å². The minimum absolute atomic E-state index is 0.0992. The molecule has 0 spiro atoms. The Morgan fingerprint density at radius 1 is 1.29 bits per heavy atom. The van der Waals surface area contributed by atoms with Crippen LogP contribution < -0.4 is 11.1 Å². The third kappa shape index (κ3) is 1.91. The molecule has 0 atom stereocenters. The summed E-state index contributed by atoms with van der Waals surface area (Å²) >= 11 is 0. The lowest BCUT2D eigenvalue weighted by atomic mass is 10.0. The number of nitrogens with two attached hydrogens (primary N) is 1. The van der Waals surface area contributed by atoms with Gasteiger partial charge in [-0.2, -0.15) is 0 Å². The Balaban J connectivity index is 1.79. The molecule has 0 saturated heterocycles. The third-order valence-corrected chi connectivity index (χ3v) is 3.35. The van der Waals surface area contributed by atoms with Crippen LogP contribution in [0.5, 0.6) is 0 Å². The molecule has 0 heterocycles. The molecule has 4 N–H and O–H groups in total. The number of nitrogens with one attached hydrogen (secondary N) is 1. The summed E-state index contributed by atoms with van der Waals surface area (Å²) in [5.74, 6) is -0.0992. The summed E-state index contributed by atoms with van der Waals surface area (Å²) in [5.41, 5.74) is 4.44. The van der Waals surface area contributed by atoms with Crippen molar-refractivity contribution in [2.75, 3.05) is 6.54 Å². The minimum Gasteiger partial charge on any atom is -0.388 e. The molecule has 0 unspecified atom stereocenters. The van der Waals surface area contributed by atoms with Crippen LogP contribution >= 0.6 is 0 Å². The van der Waals surface area contributed by atoms with Gasteiger partial charge in [0.05, 0.1) is 11.1 Å². The van der Waals surface area contributed by atoms with E-state index in [0.29, 0.717) is 6.54 Å². The predicted octanol–water partition coefficient (Wildman–Crippen LogP) is -0.101. The van der Waals surface area contributed by atoms with Crippen molar-refractivity contribution in [3.63, 3.8) is 0 Å². The number of hydrogen-bond acceptors (Lipinski definition) is 3. The fourth-order valence-corrected chi connectivity index (χ4v) is 1.99. The van der Waals surface area contributed by atoms with Crippen molar-refractivity contribution in [3.8, 4) is 0 Å². The van der Waals surface area contributed by atoms with Gasteiger partial charge in [-0.25, -0.2) is 0 Å². The quantitative estimate of drug-likeness (QED) is 0.592. The van der Waals surface area contributed by atoms with Crippen LogP contribution in [-0.4, -0.2) is 28.7 Å². The summed E-state index contributed by atoms with van der Waals surface area (Å²) in [7, 11) is 0. The summed E-state index contributed by atoms with van der Waals surface area (Å²) < 4.78 is 0. The average Bonchev–Trinajstić information content (AvgIpc) is 2.75. The van der Waals surface area contributed by atoms with E-state index in [4.69, 9.17) is 5.73 Å². The van der Waals surface area contributed by atoms with Crippen molar-refractivity contribution >= 4 is 5.91 Å². The molecule has 0 aromatic carbocycles. The molecule has 0 aromatic rings. The topological polar surface area (TPSA) is 75.4 Å². The van der Waals surface area contributed by atoms with Crippen molar-refractivity contribution < 1.29 is 9.90 Å². The molecule has 0 aromatic heterocycles. The van der Waals surface area contributed by atoms with Crippen LogP contribution in [0.3, 0.4) is 0 Å². The molecule has 2 fully saturated rings. The van der Waals surface area contributed by atoms with Gasteiger partial charge in [0.2, 0.25) is 5.91 Å². The van der Waals surface area contributed by atoms with Gasteiger partial charge in [0, 0.05) is 6.54 Å².